The molecule has 0 spiro atoms. The molecule has 1 amide bonds. The van der Waals surface area contributed by atoms with Crippen LogP contribution >= 0.6 is 0 Å². The lowest BCUT2D eigenvalue weighted by Crippen LogP contribution is -2.24. The van der Waals surface area contributed by atoms with Gasteiger partial charge in [-0.2, -0.15) is 5.10 Å². The number of hydrogen-bond acceptors (Lipinski definition) is 3. The minimum Gasteiger partial charge on any atom is -0.351 e. The largest absolute Gasteiger partial charge is 0.351 e. The molecule has 1 N–H and O–H groups in total. The summed E-state index contributed by atoms with van der Waals surface area (Å²) in [4.78, 5) is 15.6. The molecule has 2 heterocycles. The van der Waals surface area contributed by atoms with Crippen molar-refractivity contribution < 1.29 is 4.79 Å². The van der Waals surface area contributed by atoms with E-state index >= 15 is 0 Å². The number of fused-ring (bicyclic) bond motifs is 1. The number of aromatic nitrogens is 3. The highest BCUT2D eigenvalue weighted by molar-refractivity contribution is 5.93. The molecule has 0 atom stereocenters. The summed E-state index contributed by atoms with van der Waals surface area (Å²) >= 11 is 0. The molecule has 5 nitrogen and oxygen atoms in total. The van der Waals surface area contributed by atoms with Gasteiger partial charge in [0, 0.05) is 25.0 Å². The first kappa shape index (κ1) is 9.64. The molecule has 78 valence electrons. The van der Waals surface area contributed by atoms with Crippen LogP contribution in [0.1, 0.15) is 23.8 Å². The fourth-order valence-corrected chi connectivity index (χ4v) is 1.27. The third-order valence-electron chi connectivity index (χ3n) is 2.00. The molecule has 2 aromatic heterocycles. The average Bonchev–Trinajstić information content (AvgIpc) is 2.69. The number of amides is 1. The molecular formula is C10H12N4O. The van der Waals surface area contributed by atoms with E-state index in [9.17, 15) is 4.79 Å². The zero-order valence-electron chi connectivity index (χ0n) is 8.47. The zero-order valence-corrected chi connectivity index (χ0v) is 8.47. The summed E-state index contributed by atoms with van der Waals surface area (Å²) in [6.07, 6.45) is 4.35. The van der Waals surface area contributed by atoms with Crippen molar-refractivity contribution in [3.05, 3.63) is 30.2 Å². The fourth-order valence-electron chi connectivity index (χ4n) is 1.27. The summed E-state index contributed by atoms with van der Waals surface area (Å²) in [6, 6.07) is 3.44. The maximum Gasteiger partial charge on any atom is 0.271 e. The van der Waals surface area contributed by atoms with E-state index in [4.69, 9.17) is 0 Å². The molecule has 0 fully saturated rings. The third-order valence-corrected chi connectivity index (χ3v) is 2.00. The fraction of sp³-hybridized carbons (Fsp3) is 0.300. The Balaban J connectivity index is 2.25. The van der Waals surface area contributed by atoms with Gasteiger partial charge in [0.25, 0.3) is 5.91 Å². The summed E-state index contributed by atoms with van der Waals surface area (Å²) < 4.78 is 1.58. The van der Waals surface area contributed by atoms with Gasteiger partial charge in [-0.05, 0) is 12.5 Å². The van der Waals surface area contributed by atoms with E-state index in [2.05, 4.69) is 15.4 Å². The van der Waals surface area contributed by atoms with E-state index in [0.717, 1.165) is 6.42 Å². The molecule has 0 aliphatic carbocycles. The van der Waals surface area contributed by atoms with Crippen LogP contribution in [0, 0.1) is 0 Å². The van der Waals surface area contributed by atoms with Crippen LogP contribution in [0.5, 0.6) is 0 Å². The van der Waals surface area contributed by atoms with Crippen LogP contribution in [-0.4, -0.2) is 27.0 Å². The Morgan fingerprint density at radius 2 is 2.47 bits per heavy atom. The Kier molecular flexibility index (Phi) is 2.62. The lowest BCUT2D eigenvalue weighted by atomic mass is 10.4. The van der Waals surface area contributed by atoms with Crippen molar-refractivity contribution in [2.45, 2.75) is 13.3 Å². The normalized spacial score (nSPS) is 10.5. The molecule has 0 bridgehead atoms. The van der Waals surface area contributed by atoms with Crippen LogP contribution in [0.25, 0.3) is 5.65 Å². The van der Waals surface area contributed by atoms with Crippen molar-refractivity contribution in [3.63, 3.8) is 0 Å². The molecule has 5 heteroatoms. The van der Waals surface area contributed by atoms with E-state index < -0.39 is 0 Å². The van der Waals surface area contributed by atoms with Crippen LogP contribution in [0.15, 0.2) is 24.5 Å². The predicted octanol–water partition coefficient (Wildman–Crippen LogP) is 0.869. The highest BCUT2D eigenvalue weighted by Gasteiger charge is 2.09. The quantitative estimate of drug-likeness (QED) is 0.807. The number of carbonyl (C=O) groups is 1. The molecule has 2 rings (SSSR count). The smallest absolute Gasteiger partial charge is 0.271 e. The Bertz CT molecular complexity index is 444. The maximum absolute atomic E-state index is 11.6. The molecule has 0 aliphatic rings. The van der Waals surface area contributed by atoms with Gasteiger partial charge < -0.3 is 5.32 Å². The lowest BCUT2D eigenvalue weighted by molar-refractivity contribution is 0.0948. The van der Waals surface area contributed by atoms with Gasteiger partial charge >= 0.3 is 0 Å². The molecule has 2 aromatic rings. The van der Waals surface area contributed by atoms with Crippen molar-refractivity contribution >= 4 is 11.6 Å². The van der Waals surface area contributed by atoms with Gasteiger partial charge in [-0.3, -0.25) is 4.79 Å². The zero-order chi connectivity index (χ0) is 10.7. The van der Waals surface area contributed by atoms with Crippen LogP contribution in [0.2, 0.25) is 0 Å². The first-order valence-electron chi connectivity index (χ1n) is 4.90. The van der Waals surface area contributed by atoms with E-state index in [1.54, 1.807) is 29.0 Å². The van der Waals surface area contributed by atoms with Crippen molar-refractivity contribution in [3.8, 4) is 0 Å². The van der Waals surface area contributed by atoms with Gasteiger partial charge in [0.2, 0.25) is 0 Å². The maximum atomic E-state index is 11.6. The first-order chi connectivity index (χ1) is 7.31. The molecule has 0 aromatic carbocycles. The first-order valence-corrected chi connectivity index (χ1v) is 4.90. The standard InChI is InChI=1S/C10H12N4O/c1-2-4-12-10(15)8-7-9-11-5-3-6-14(9)13-8/h3,5-7H,2,4H2,1H3,(H,12,15). The lowest BCUT2D eigenvalue weighted by Gasteiger charge is -1.98. The second-order valence-electron chi connectivity index (χ2n) is 3.21. The van der Waals surface area contributed by atoms with Gasteiger partial charge in [-0.1, -0.05) is 6.92 Å². The summed E-state index contributed by atoms with van der Waals surface area (Å²) in [7, 11) is 0. The summed E-state index contributed by atoms with van der Waals surface area (Å²) in [5, 5.41) is 6.87. The van der Waals surface area contributed by atoms with Crippen molar-refractivity contribution in [2.24, 2.45) is 0 Å². The molecule has 0 saturated carbocycles. The van der Waals surface area contributed by atoms with Gasteiger partial charge in [-0.15, -0.1) is 0 Å². The summed E-state index contributed by atoms with van der Waals surface area (Å²) in [6.45, 7) is 2.67. The number of rotatable bonds is 3. The van der Waals surface area contributed by atoms with E-state index in [0.29, 0.717) is 17.9 Å². The summed E-state index contributed by atoms with van der Waals surface area (Å²) in [5.74, 6) is -0.151. The SMILES string of the molecule is CCCNC(=O)c1cc2ncccn2n1. The average molecular weight is 204 g/mol. The van der Waals surface area contributed by atoms with Gasteiger partial charge in [0.1, 0.15) is 0 Å². The second-order valence-corrected chi connectivity index (χ2v) is 3.21. The van der Waals surface area contributed by atoms with Crippen LogP contribution in [0.3, 0.4) is 0 Å². The van der Waals surface area contributed by atoms with Gasteiger partial charge in [0.15, 0.2) is 11.3 Å². The highest BCUT2D eigenvalue weighted by Crippen LogP contribution is 2.02. The van der Waals surface area contributed by atoms with Crippen molar-refractivity contribution in [1.82, 2.24) is 19.9 Å². The number of carbonyl (C=O) groups excluding carboxylic acids is 1. The van der Waals surface area contributed by atoms with Crippen LogP contribution in [-0.2, 0) is 0 Å². The number of nitrogens with one attached hydrogen (secondary N) is 1. The molecule has 0 aliphatic heterocycles. The van der Waals surface area contributed by atoms with Gasteiger partial charge in [0.05, 0.1) is 0 Å². The van der Waals surface area contributed by atoms with Crippen LogP contribution < -0.4 is 5.32 Å². The van der Waals surface area contributed by atoms with E-state index in [1.165, 1.54) is 0 Å². The third kappa shape index (κ3) is 1.96. The monoisotopic (exact) mass is 204 g/mol. The van der Waals surface area contributed by atoms with Crippen molar-refractivity contribution in [2.75, 3.05) is 6.54 Å². The molecule has 15 heavy (non-hydrogen) atoms. The minimum absolute atomic E-state index is 0.151. The molecular weight excluding hydrogens is 192 g/mol. The molecule has 0 unspecified atom stereocenters. The number of hydrogen-bond donors (Lipinski definition) is 1. The van der Waals surface area contributed by atoms with E-state index in [-0.39, 0.29) is 5.91 Å². The highest BCUT2D eigenvalue weighted by atomic mass is 16.1. The Labute approximate surface area is 87.1 Å². The Morgan fingerprint density at radius 3 is 3.20 bits per heavy atom. The summed E-state index contributed by atoms with van der Waals surface area (Å²) in [5.41, 5.74) is 1.08. The predicted molar refractivity (Wildman–Crippen MR) is 55.6 cm³/mol. The topological polar surface area (TPSA) is 59.3 Å². The Morgan fingerprint density at radius 1 is 1.60 bits per heavy atom. The van der Waals surface area contributed by atoms with Crippen LogP contribution in [0.4, 0.5) is 0 Å². The van der Waals surface area contributed by atoms with E-state index in [1.807, 2.05) is 6.92 Å². The molecule has 0 radical (unpaired) electrons. The minimum atomic E-state index is -0.151. The number of nitrogens with zero attached hydrogens (tertiary/aromatic N) is 3. The van der Waals surface area contributed by atoms with Gasteiger partial charge in [-0.25, -0.2) is 9.50 Å². The molecule has 0 saturated heterocycles. The Hall–Kier alpha value is -1.91. The van der Waals surface area contributed by atoms with Crippen molar-refractivity contribution in [1.29, 1.82) is 0 Å². The second kappa shape index (κ2) is 4.08.